The van der Waals surface area contributed by atoms with E-state index in [1.807, 2.05) is 22.6 Å². The van der Waals surface area contributed by atoms with E-state index in [-0.39, 0.29) is 5.69 Å². The highest BCUT2D eigenvalue weighted by atomic mass is 127. The quantitative estimate of drug-likeness (QED) is 0.461. The summed E-state index contributed by atoms with van der Waals surface area (Å²) in [5, 5.41) is 0. The summed E-state index contributed by atoms with van der Waals surface area (Å²) in [6, 6.07) is 1.38. The van der Waals surface area contributed by atoms with Crippen LogP contribution in [0.15, 0.2) is 6.07 Å². The van der Waals surface area contributed by atoms with Gasteiger partial charge in [0.1, 0.15) is 9.39 Å². The lowest BCUT2D eigenvalue weighted by molar-refractivity contribution is 0.145. The molecule has 0 aliphatic carbocycles. The number of nitrogens with zero attached hydrogens (tertiary/aromatic N) is 1. The van der Waals surface area contributed by atoms with E-state index in [0.29, 0.717) is 9.58 Å². The molecule has 1 rings (SSSR count). The molecule has 0 fully saturated rings. The summed E-state index contributed by atoms with van der Waals surface area (Å²) in [6.07, 6.45) is -2.52. The summed E-state index contributed by atoms with van der Waals surface area (Å²) >= 11 is 7.55. The van der Waals surface area contributed by atoms with Gasteiger partial charge in [0.15, 0.2) is 0 Å². The Bertz CT molecular complexity index is 294. The van der Waals surface area contributed by atoms with Gasteiger partial charge >= 0.3 is 0 Å². The zero-order valence-electron chi connectivity index (χ0n) is 6.82. The van der Waals surface area contributed by atoms with Crippen molar-refractivity contribution < 1.29 is 8.78 Å². The predicted molar refractivity (Wildman–Crippen MR) is 56.2 cm³/mol. The first-order chi connectivity index (χ1) is 6.06. The summed E-state index contributed by atoms with van der Waals surface area (Å²) in [5.41, 5.74) is 1.41. The molecule has 0 aliphatic heterocycles. The molecule has 72 valence electrons. The van der Waals surface area contributed by atoms with E-state index in [1.54, 1.807) is 6.92 Å². The fourth-order valence-corrected chi connectivity index (χ4v) is 2.41. The number of rotatable bonds is 2. The molecule has 0 saturated heterocycles. The number of halogens is 4. The van der Waals surface area contributed by atoms with Crippen molar-refractivity contribution in [3.63, 3.8) is 0 Å². The largest absolute Gasteiger partial charge is 0.280 e. The Labute approximate surface area is 93.6 Å². The first kappa shape index (κ1) is 11.1. The summed E-state index contributed by atoms with van der Waals surface area (Å²) in [6.45, 7) is 1.76. The average molecular weight is 318 g/mol. The van der Waals surface area contributed by atoms with Crippen LogP contribution in [0.2, 0.25) is 0 Å². The fraction of sp³-hybridized carbons (Fsp3) is 0.375. The van der Waals surface area contributed by atoms with Gasteiger partial charge in [0.2, 0.25) is 0 Å². The van der Waals surface area contributed by atoms with Crippen LogP contribution in [0, 0.1) is 10.6 Å². The number of pyridine rings is 1. The van der Waals surface area contributed by atoms with Crippen molar-refractivity contribution in [2.45, 2.75) is 19.2 Å². The molecule has 0 radical (unpaired) electrons. The number of aromatic nitrogens is 1. The summed E-state index contributed by atoms with van der Waals surface area (Å²) in [5.74, 6) is 0.306. The van der Waals surface area contributed by atoms with E-state index in [2.05, 4.69) is 4.98 Å². The molecule has 13 heavy (non-hydrogen) atoms. The van der Waals surface area contributed by atoms with Gasteiger partial charge in [-0.2, -0.15) is 0 Å². The molecule has 0 N–H and O–H groups in total. The van der Waals surface area contributed by atoms with E-state index in [9.17, 15) is 8.78 Å². The Morgan fingerprint density at radius 2 is 2.23 bits per heavy atom. The number of alkyl halides is 3. The van der Waals surface area contributed by atoms with Crippen molar-refractivity contribution in [1.29, 1.82) is 0 Å². The molecule has 0 aliphatic rings. The molecule has 0 bridgehead atoms. The molecule has 1 heterocycles. The normalized spacial score (nSPS) is 10.9. The van der Waals surface area contributed by atoms with Crippen molar-refractivity contribution in [3.05, 3.63) is 26.6 Å². The van der Waals surface area contributed by atoms with Crippen LogP contribution in [0.4, 0.5) is 8.78 Å². The molecule has 0 saturated carbocycles. The van der Waals surface area contributed by atoms with E-state index < -0.39 is 6.43 Å². The lowest BCUT2D eigenvalue weighted by Crippen LogP contribution is -1.99. The van der Waals surface area contributed by atoms with E-state index in [0.717, 1.165) is 11.1 Å². The molecular weight excluding hydrogens is 310 g/mol. The zero-order chi connectivity index (χ0) is 10.0. The molecule has 0 aromatic carbocycles. The van der Waals surface area contributed by atoms with Crippen LogP contribution in [-0.2, 0) is 5.88 Å². The lowest BCUT2D eigenvalue weighted by atomic mass is 10.1. The fourth-order valence-electron chi connectivity index (χ4n) is 0.957. The van der Waals surface area contributed by atoms with Gasteiger partial charge in [0, 0.05) is 5.56 Å². The first-order valence-electron chi connectivity index (χ1n) is 3.56. The van der Waals surface area contributed by atoms with Crippen molar-refractivity contribution >= 4 is 34.2 Å². The topological polar surface area (TPSA) is 12.9 Å². The van der Waals surface area contributed by atoms with Gasteiger partial charge in [-0.1, -0.05) is 0 Å². The Hall–Kier alpha value is 0.0300. The summed E-state index contributed by atoms with van der Waals surface area (Å²) in [7, 11) is 0. The van der Waals surface area contributed by atoms with Gasteiger partial charge in [0.25, 0.3) is 6.43 Å². The Kier molecular flexibility index (Phi) is 3.85. The van der Waals surface area contributed by atoms with Gasteiger partial charge in [-0.05, 0) is 41.1 Å². The Balaban J connectivity index is 3.20. The Morgan fingerprint density at radius 1 is 1.62 bits per heavy atom. The minimum atomic E-state index is -2.52. The molecule has 1 aromatic heterocycles. The third-order valence-electron chi connectivity index (χ3n) is 1.67. The number of hydrogen-bond donors (Lipinski definition) is 0. The summed E-state index contributed by atoms with van der Waals surface area (Å²) < 4.78 is 25.1. The third-order valence-corrected chi connectivity index (χ3v) is 2.83. The second kappa shape index (κ2) is 4.50. The highest BCUT2D eigenvalue weighted by Gasteiger charge is 2.13. The molecule has 1 nitrogen and oxygen atoms in total. The van der Waals surface area contributed by atoms with Gasteiger partial charge < -0.3 is 0 Å². The minimum absolute atomic E-state index is 0.184. The maximum atomic E-state index is 12.3. The maximum Gasteiger partial charge on any atom is 0.280 e. The van der Waals surface area contributed by atoms with Crippen LogP contribution in [0.1, 0.15) is 23.2 Å². The average Bonchev–Trinajstić information content (AvgIpc) is 2.03. The van der Waals surface area contributed by atoms with Gasteiger partial charge in [-0.15, -0.1) is 11.6 Å². The summed E-state index contributed by atoms with van der Waals surface area (Å²) in [4.78, 5) is 3.76. The predicted octanol–water partition coefficient (Wildman–Crippen LogP) is 3.67. The highest BCUT2D eigenvalue weighted by Crippen LogP contribution is 2.23. The molecule has 0 amide bonds. The standard InChI is InChI=1S/C8H7ClF2IN/c1-4-2-6(7(10)11)13-8(12)5(4)3-9/h2,7H,3H2,1H3. The van der Waals surface area contributed by atoms with Crippen molar-refractivity contribution in [3.8, 4) is 0 Å². The van der Waals surface area contributed by atoms with E-state index in [1.165, 1.54) is 6.07 Å². The highest BCUT2D eigenvalue weighted by molar-refractivity contribution is 14.1. The molecule has 0 spiro atoms. The molecule has 0 unspecified atom stereocenters. The molecule has 0 atom stereocenters. The van der Waals surface area contributed by atoms with Crippen molar-refractivity contribution in [2.75, 3.05) is 0 Å². The monoisotopic (exact) mass is 317 g/mol. The second-order valence-electron chi connectivity index (χ2n) is 2.57. The van der Waals surface area contributed by atoms with Crippen LogP contribution in [-0.4, -0.2) is 4.98 Å². The zero-order valence-corrected chi connectivity index (χ0v) is 9.73. The van der Waals surface area contributed by atoms with Crippen LogP contribution in [0.25, 0.3) is 0 Å². The first-order valence-corrected chi connectivity index (χ1v) is 5.17. The third kappa shape index (κ3) is 2.49. The minimum Gasteiger partial charge on any atom is -0.241 e. The van der Waals surface area contributed by atoms with Crippen LogP contribution >= 0.6 is 34.2 Å². The van der Waals surface area contributed by atoms with Crippen LogP contribution in [0.5, 0.6) is 0 Å². The van der Waals surface area contributed by atoms with Gasteiger partial charge in [0.05, 0.1) is 5.88 Å². The molecular formula is C8H7ClF2IN. The number of hydrogen-bond acceptors (Lipinski definition) is 1. The maximum absolute atomic E-state index is 12.3. The lowest BCUT2D eigenvalue weighted by Gasteiger charge is -2.07. The van der Waals surface area contributed by atoms with Crippen LogP contribution < -0.4 is 0 Å². The van der Waals surface area contributed by atoms with E-state index in [4.69, 9.17) is 11.6 Å². The van der Waals surface area contributed by atoms with Crippen molar-refractivity contribution in [1.82, 2.24) is 4.98 Å². The van der Waals surface area contributed by atoms with Gasteiger partial charge in [-0.3, -0.25) is 0 Å². The van der Waals surface area contributed by atoms with Crippen LogP contribution in [0.3, 0.4) is 0 Å². The second-order valence-corrected chi connectivity index (χ2v) is 3.86. The van der Waals surface area contributed by atoms with Gasteiger partial charge in [-0.25, -0.2) is 13.8 Å². The molecule has 5 heteroatoms. The Morgan fingerprint density at radius 3 is 2.62 bits per heavy atom. The number of aryl methyl sites for hydroxylation is 1. The SMILES string of the molecule is Cc1cc(C(F)F)nc(I)c1CCl. The van der Waals surface area contributed by atoms with Crippen molar-refractivity contribution in [2.24, 2.45) is 0 Å². The molecule has 1 aromatic rings. The smallest absolute Gasteiger partial charge is 0.241 e. The van der Waals surface area contributed by atoms with E-state index >= 15 is 0 Å².